The summed E-state index contributed by atoms with van der Waals surface area (Å²) >= 11 is 0. The minimum absolute atomic E-state index is 0.221. The van der Waals surface area contributed by atoms with Crippen molar-refractivity contribution in [1.29, 1.82) is 0 Å². The number of hydrogen-bond donors (Lipinski definition) is 1. The Morgan fingerprint density at radius 3 is 2.46 bits per heavy atom. The molecular weight excluding hydrogens is 186 g/mol. The molecule has 3 nitrogen and oxygen atoms in total. The molecule has 0 saturated heterocycles. The van der Waals surface area contributed by atoms with Crippen LogP contribution in [0.3, 0.4) is 0 Å². The number of ether oxygens (including phenoxy) is 1. The lowest BCUT2D eigenvalue weighted by Gasteiger charge is -2.11. The molecule has 0 aromatic heterocycles. The first kappa shape index (κ1) is 13.1. The quantitative estimate of drug-likeness (QED) is 0.627. The van der Waals surface area contributed by atoms with Crippen LogP contribution >= 0.6 is 0 Å². The summed E-state index contributed by atoms with van der Waals surface area (Å²) in [5.41, 5.74) is 0. The van der Waals surface area contributed by atoms with Crippen molar-refractivity contribution in [1.82, 2.24) is 5.32 Å². The summed E-state index contributed by atoms with van der Waals surface area (Å²) in [6, 6.07) is 0. The Bertz CT molecular complexity index is 151. The molecule has 0 fully saturated rings. The largest absolute Gasteiger partial charge is 0.377 e. The third kappa shape index (κ3) is 8.40. The summed E-state index contributed by atoms with van der Waals surface area (Å²) in [6.07, 6.45) is 2.02. The number of hydrogen-bond acceptors (Lipinski definition) is 3. The van der Waals surface area contributed by atoms with Crippen molar-refractivity contribution in [2.75, 3.05) is 26.0 Å². The molecule has 0 bridgehead atoms. The van der Waals surface area contributed by atoms with E-state index in [0.717, 1.165) is 19.7 Å². The van der Waals surface area contributed by atoms with Gasteiger partial charge in [0.2, 0.25) is 0 Å². The van der Waals surface area contributed by atoms with E-state index in [1.165, 1.54) is 0 Å². The lowest BCUT2D eigenvalue weighted by Crippen LogP contribution is -2.30. The van der Waals surface area contributed by atoms with Gasteiger partial charge in [-0.2, -0.15) is 0 Å². The van der Waals surface area contributed by atoms with Crippen LogP contribution in [0.25, 0.3) is 0 Å². The monoisotopic (exact) mass is 207 g/mol. The second-order valence-corrected chi connectivity index (χ2v) is 5.23. The van der Waals surface area contributed by atoms with Gasteiger partial charge in [-0.05, 0) is 20.8 Å². The Balaban J connectivity index is 3.21. The van der Waals surface area contributed by atoms with E-state index in [0.29, 0.717) is 6.10 Å². The van der Waals surface area contributed by atoms with E-state index in [1.54, 1.807) is 6.26 Å². The van der Waals surface area contributed by atoms with Gasteiger partial charge in [0.25, 0.3) is 0 Å². The van der Waals surface area contributed by atoms with Crippen LogP contribution in [0.5, 0.6) is 0 Å². The molecule has 0 aliphatic heterocycles. The molecule has 0 radical (unpaired) electrons. The van der Waals surface area contributed by atoms with Gasteiger partial charge in [0.05, 0.1) is 12.7 Å². The molecule has 0 rings (SSSR count). The van der Waals surface area contributed by atoms with E-state index in [1.807, 2.05) is 20.8 Å². The fraction of sp³-hybridized carbons (Fsp3) is 1.00. The van der Waals surface area contributed by atoms with Crippen LogP contribution in [-0.2, 0) is 15.5 Å². The standard InChI is InChI=1S/C9H21NO2S/c1-8(2)12-6-5-10-7-9(3)13(4)11/h8-10H,5-7H2,1-4H3. The topological polar surface area (TPSA) is 38.3 Å². The van der Waals surface area contributed by atoms with Crippen molar-refractivity contribution < 1.29 is 8.95 Å². The third-order valence-corrected chi connectivity index (χ3v) is 3.03. The Morgan fingerprint density at radius 1 is 1.38 bits per heavy atom. The Kier molecular flexibility index (Phi) is 7.51. The van der Waals surface area contributed by atoms with E-state index in [9.17, 15) is 4.21 Å². The van der Waals surface area contributed by atoms with Gasteiger partial charge in [-0.15, -0.1) is 0 Å². The van der Waals surface area contributed by atoms with Gasteiger partial charge < -0.3 is 10.1 Å². The zero-order valence-electron chi connectivity index (χ0n) is 9.00. The Morgan fingerprint density at radius 2 is 2.00 bits per heavy atom. The molecule has 2 atom stereocenters. The van der Waals surface area contributed by atoms with Gasteiger partial charge in [0, 0.05) is 35.4 Å². The van der Waals surface area contributed by atoms with Crippen LogP contribution < -0.4 is 5.32 Å². The molecule has 0 spiro atoms. The van der Waals surface area contributed by atoms with Crippen LogP contribution in [0.4, 0.5) is 0 Å². The molecular formula is C9H21NO2S. The van der Waals surface area contributed by atoms with Crippen molar-refractivity contribution in [3.63, 3.8) is 0 Å². The molecule has 80 valence electrons. The van der Waals surface area contributed by atoms with Crippen molar-refractivity contribution in [2.45, 2.75) is 32.1 Å². The van der Waals surface area contributed by atoms with Crippen LogP contribution in [0.15, 0.2) is 0 Å². The average molecular weight is 207 g/mol. The molecule has 0 aromatic carbocycles. The van der Waals surface area contributed by atoms with Gasteiger partial charge >= 0.3 is 0 Å². The van der Waals surface area contributed by atoms with Crippen LogP contribution in [-0.4, -0.2) is 41.5 Å². The highest BCUT2D eigenvalue weighted by atomic mass is 32.2. The molecule has 0 aliphatic carbocycles. The van der Waals surface area contributed by atoms with Crippen molar-refractivity contribution in [2.24, 2.45) is 0 Å². The van der Waals surface area contributed by atoms with E-state index in [-0.39, 0.29) is 5.25 Å². The normalized spacial score (nSPS) is 16.1. The maximum absolute atomic E-state index is 11.0. The molecule has 0 amide bonds. The highest BCUT2D eigenvalue weighted by molar-refractivity contribution is 7.84. The summed E-state index contributed by atoms with van der Waals surface area (Å²) in [4.78, 5) is 0. The minimum atomic E-state index is -0.728. The molecule has 0 saturated carbocycles. The van der Waals surface area contributed by atoms with E-state index in [4.69, 9.17) is 4.74 Å². The van der Waals surface area contributed by atoms with Crippen molar-refractivity contribution >= 4 is 10.8 Å². The second-order valence-electron chi connectivity index (χ2n) is 3.43. The van der Waals surface area contributed by atoms with Gasteiger partial charge in [0.15, 0.2) is 0 Å². The maximum atomic E-state index is 11.0. The Labute approximate surface area is 83.7 Å². The SMILES string of the molecule is CC(C)OCCNCC(C)S(C)=O. The van der Waals surface area contributed by atoms with Gasteiger partial charge in [-0.3, -0.25) is 4.21 Å². The van der Waals surface area contributed by atoms with Crippen LogP contribution in [0, 0.1) is 0 Å². The van der Waals surface area contributed by atoms with Gasteiger partial charge in [-0.25, -0.2) is 0 Å². The maximum Gasteiger partial charge on any atom is 0.0594 e. The van der Waals surface area contributed by atoms with Crippen molar-refractivity contribution in [3.05, 3.63) is 0 Å². The zero-order valence-corrected chi connectivity index (χ0v) is 9.82. The molecule has 0 aliphatic rings. The predicted molar refractivity (Wildman–Crippen MR) is 57.5 cm³/mol. The Hall–Kier alpha value is 0.0700. The number of rotatable bonds is 7. The molecule has 0 aromatic rings. The van der Waals surface area contributed by atoms with Crippen LogP contribution in [0.2, 0.25) is 0 Å². The fourth-order valence-corrected chi connectivity index (χ4v) is 1.14. The summed E-state index contributed by atoms with van der Waals surface area (Å²) in [7, 11) is -0.728. The first-order valence-electron chi connectivity index (χ1n) is 4.68. The highest BCUT2D eigenvalue weighted by Gasteiger charge is 2.04. The first-order chi connectivity index (χ1) is 6.04. The summed E-state index contributed by atoms with van der Waals surface area (Å²) < 4.78 is 16.3. The fourth-order valence-electron chi connectivity index (χ4n) is 0.789. The second kappa shape index (κ2) is 7.47. The smallest absolute Gasteiger partial charge is 0.0594 e. The van der Waals surface area contributed by atoms with E-state index >= 15 is 0 Å². The summed E-state index contributed by atoms with van der Waals surface area (Å²) in [5.74, 6) is 0. The minimum Gasteiger partial charge on any atom is -0.377 e. The first-order valence-corrected chi connectivity index (χ1v) is 6.30. The third-order valence-electron chi connectivity index (χ3n) is 1.73. The average Bonchev–Trinajstić information content (AvgIpc) is 2.02. The predicted octanol–water partition coefficient (Wildman–Crippen LogP) is 0.768. The molecule has 13 heavy (non-hydrogen) atoms. The summed E-state index contributed by atoms with van der Waals surface area (Å²) in [6.45, 7) is 8.37. The summed E-state index contributed by atoms with van der Waals surface area (Å²) in [5, 5.41) is 3.43. The van der Waals surface area contributed by atoms with Gasteiger partial charge in [0.1, 0.15) is 0 Å². The lowest BCUT2D eigenvalue weighted by molar-refractivity contribution is 0.0810. The van der Waals surface area contributed by atoms with Gasteiger partial charge in [-0.1, -0.05) is 0 Å². The highest BCUT2D eigenvalue weighted by Crippen LogP contribution is 1.89. The molecule has 2 unspecified atom stereocenters. The molecule has 4 heteroatoms. The van der Waals surface area contributed by atoms with Crippen LogP contribution in [0.1, 0.15) is 20.8 Å². The lowest BCUT2D eigenvalue weighted by atomic mass is 10.4. The molecule has 0 heterocycles. The van der Waals surface area contributed by atoms with E-state index < -0.39 is 10.8 Å². The zero-order chi connectivity index (χ0) is 10.3. The molecule has 1 N–H and O–H groups in total. The van der Waals surface area contributed by atoms with E-state index in [2.05, 4.69) is 5.32 Å². The number of nitrogens with one attached hydrogen (secondary N) is 1. The van der Waals surface area contributed by atoms with Crippen molar-refractivity contribution in [3.8, 4) is 0 Å².